The fourth-order valence-electron chi connectivity index (χ4n) is 2.71. The Morgan fingerprint density at radius 1 is 1.04 bits per heavy atom. The lowest BCUT2D eigenvalue weighted by atomic mass is 10.1. The zero-order chi connectivity index (χ0) is 18.9. The molecule has 0 amide bonds. The second kappa shape index (κ2) is 9.56. The highest BCUT2D eigenvalue weighted by molar-refractivity contribution is 5.92. The molecule has 0 aliphatic rings. The first-order valence-electron chi connectivity index (χ1n) is 8.56. The third-order valence-corrected chi connectivity index (χ3v) is 4.06. The maximum absolute atomic E-state index is 6.00. The minimum Gasteiger partial charge on any atom is -0.493 e. The van der Waals surface area contributed by atoms with Crippen LogP contribution in [0.2, 0.25) is 0 Å². The number of nitrogens with one attached hydrogen (secondary N) is 1. The van der Waals surface area contributed by atoms with Gasteiger partial charge in [0.25, 0.3) is 0 Å². The van der Waals surface area contributed by atoms with Crippen LogP contribution in [-0.4, -0.2) is 33.8 Å². The highest BCUT2D eigenvalue weighted by Gasteiger charge is 2.15. The van der Waals surface area contributed by atoms with Crippen LogP contribution in [0.25, 0.3) is 0 Å². The largest absolute Gasteiger partial charge is 0.493 e. The van der Waals surface area contributed by atoms with E-state index in [4.69, 9.17) is 19.9 Å². The summed E-state index contributed by atoms with van der Waals surface area (Å²) in [6, 6.07) is 11.9. The summed E-state index contributed by atoms with van der Waals surface area (Å²) in [5.74, 6) is 2.26. The van der Waals surface area contributed by atoms with Crippen molar-refractivity contribution in [2.24, 2.45) is 10.7 Å². The van der Waals surface area contributed by atoms with Crippen LogP contribution in [0.5, 0.6) is 17.2 Å². The molecule has 3 N–H and O–H groups in total. The number of methoxy groups -OCH3 is 3. The third-order valence-electron chi connectivity index (χ3n) is 4.06. The van der Waals surface area contributed by atoms with Crippen LogP contribution in [0.4, 0.5) is 5.69 Å². The van der Waals surface area contributed by atoms with Gasteiger partial charge in [-0.15, -0.1) is 0 Å². The summed E-state index contributed by atoms with van der Waals surface area (Å²) < 4.78 is 16.2. The lowest BCUT2D eigenvalue weighted by molar-refractivity contribution is 0.322. The molecular formula is C20H27N3O3. The molecule has 0 fully saturated rings. The van der Waals surface area contributed by atoms with E-state index in [0.29, 0.717) is 36.2 Å². The zero-order valence-electron chi connectivity index (χ0n) is 15.8. The van der Waals surface area contributed by atoms with Crippen LogP contribution in [0.1, 0.15) is 18.1 Å². The molecule has 2 aromatic rings. The summed E-state index contributed by atoms with van der Waals surface area (Å²) in [4.78, 5) is 4.40. The monoisotopic (exact) mass is 357 g/mol. The fraction of sp³-hybridized carbons (Fsp3) is 0.350. The van der Waals surface area contributed by atoms with Gasteiger partial charge in [-0.1, -0.05) is 25.1 Å². The van der Waals surface area contributed by atoms with Crippen molar-refractivity contribution in [2.45, 2.75) is 19.8 Å². The molecule has 0 spiro atoms. The van der Waals surface area contributed by atoms with Crippen LogP contribution in [0.3, 0.4) is 0 Å². The van der Waals surface area contributed by atoms with Crippen LogP contribution >= 0.6 is 0 Å². The molecule has 0 atom stereocenters. The normalized spacial score (nSPS) is 11.2. The van der Waals surface area contributed by atoms with Crippen molar-refractivity contribution in [3.05, 3.63) is 47.5 Å². The van der Waals surface area contributed by atoms with Gasteiger partial charge in [-0.3, -0.25) is 4.99 Å². The highest BCUT2D eigenvalue weighted by Crippen LogP contribution is 2.39. The van der Waals surface area contributed by atoms with E-state index in [1.807, 2.05) is 24.3 Å². The predicted octanol–water partition coefficient (Wildman–Crippen LogP) is 3.24. The number of hydrogen-bond donors (Lipinski definition) is 2. The molecule has 2 aromatic carbocycles. The van der Waals surface area contributed by atoms with Crippen LogP contribution < -0.4 is 25.3 Å². The van der Waals surface area contributed by atoms with Gasteiger partial charge >= 0.3 is 0 Å². The third kappa shape index (κ3) is 4.81. The van der Waals surface area contributed by atoms with E-state index in [0.717, 1.165) is 17.7 Å². The van der Waals surface area contributed by atoms with E-state index in [-0.39, 0.29) is 0 Å². The topological polar surface area (TPSA) is 78.1 Å². The summed E-state index contributed by atoms with van der Waals surface area (Å²) in [6.45, 7) is 2.64. The smallest absolute Gasteiger partial charge is 0.203 e. The van der Waals surface area contributed by atoms with Crippen LogP contribution in [-0.2, 0) is 12.8 Å². The lowest BCUT2D eigenvalue weighted by Crippen LogP contribution is -2.23. The molecule has 0 bridgehead atoms. The summed E-state index contributed by atoms with van der Waals surface area (Å²) in [5.41, 5.74) is 9.16. The van der Waals surface area contributed by atoms with Gasteiger partial charge in [0.15, 0.2) is 17.5 Å². The van der Waals surface area contributed by atoms with E-state index in [1.165, 1.54) is 5.56 Å². The Balaban J connectivity index is 2.05. The van der Waals surface area contributed by atoms with Crippen molar-refractivity contribution in [2.75, 3.05) is 33.2 Å². The standard InChI is InChI=1S/C20H27N3O3/c1-5-14-7-6-8-16(13-14)23-20(21)22-12-11-15-9-10-17(24-2)19(26-4)18(15)25-3/h6-10,13H,5,11-12H2,1-4H3,(H3,21,22,23). The number of anilines is 1. The molecule has 0 aliphatic heterocycles. The molecule has 0 saturated carbocycles. The SMILES string of the molecule is CCc1cccc(NC(N)=NCCc2ccc(OC)c(OC)c2OC)c1. The molecule has 0 radical (unpaired) electrons. The number of nitrogens with two attached hydrogens (primary N) is 1. The Hall–Kier alpha value is -2.89. The van der Waals surface area contributed by atoms with Gasteiger partial charge < -0.3 is 25.3 Å². The number of guanidine groups is 1. The Morgan fingerprint density at radius 3 is 2.46 bits per heavy atom. The van der Waals surface area contributed by atoms with E-state index >= 15 is 0 Å². The quantitative estimate of drug-likeness (QED) is 0.560. The molecule has 6 heteroatoms. The Labute approximate surface area is 155 Å². The Morgan fingerprint density at radius 2 is 1.81 bits per heavy atom. The minimum absolute atomic E-state index is 0.387. The molecule has 26 heavy (non-hydrogen) atoms. The number of nitrogens with zero attached hydrogens (tertiary/aromatic N) is 1. The molecule has 2 rings (SSSR count). The van der Waals surface area contributed by atoms with Gasteiger partial charge in [-0.05, 0) is 36.6 Å². The van der Waals surface area contributed by atoms with Crippen molar-refractivity contribution in [1.29, 1.82) is 0 Å². The number of rotatable bonds is 8. The maximum Gasteiger partial charge on any atom is 0.203 e. The Kier molecular flexibility index (Phi) is 7.14. The first kappa shape index (κ1) is 19.4. The van der Waals surface area contributed by atoms with Gasteiger partial charge in [0.2, 0.25) is 5.75 Å². The van der Waals surface area contributed by atoms with Crippen molar-refractivity contribution in [3.8, 4) is 17.2 Å². The molecule has 0 unspecified atom stereocenters. The predicted molar refractivity (Wildman–Crippen MR) is 106 cm³/mol. The maximum atomic E-state index is 6.00. The van der Waals surface area contributed by atoms with Gasteiger partial charge in [-0.2, -0.15) is 0 Å². The lowest BCUT2D eigenvalue weighted by Gasteiger charge is -2.15. The molecule has 140 valence electrons. The van der Waals surface area contributed by atoms with Crippen molar-refractivity contribution in [3.63, 3.8) is 0 Å². The van der Waals surface area contributed by atoms with Crippen molar-refractivity contribution >= 4 is 11.6 Å². The van der Waals surface area contributed by atoms with Crippen LogP contribution in [0.15, 0.2) is 41.4 Å². The van der Waals surface area contributed by atoms with Gasteiger partial charge in [0, 0.05) is 17.8 Å². The second-order valence-electron chi connectivity index (χ2n) is 5.69. The number of benzene rings is 2. The summed E-state index contributed by atoms with van der Waals surface area (Å²) >= 11 is 0. The van der Waals surface area contributed by atoms with E-state index < -0.39 is 0 Å². The van der Waals surface area contributed by atoms with E-state index in [1.54, 1.807) is 21.3 Å². The molecule has 0 saturated heterocycles. The first-order chi connectivity index (χ1) is 12.6. The molecular weight excluding hydrogens is 330 g/mol. The second-order valence-corrected chi connectivity index (χ2v) is 5.69. The highest BCUT2D eigenvalue weighted by atomic mass is 16.5. The van der Waals surface area contributed by atoms with Gasteiger partial charge in [-0.25, -0.2) is 0 Å². The number of aliphatic imine (C=N–C) groups is 1. The van der Waals surface area contributed by atoms with Crippen molar-refractivity contribution in [1.82, 2.24) is 0 Å². The molecule has 0 aliphatic carbocycles. The zero-order valence-corrected chi connectivity index (χ0v) is 15.8. The summed E-state index contributed by atoms with van der Waals surface area (Å²) in [7, 11) is 4.80. The van der Waals surface area contributed by atoms with Gasteiger partial charge in [0.1, 0.15) is 0 Å². The van der Waals surface area contributed by atoms with Crippen molar-refractivity contribution < 1.29 is 14.2 Å². The number of aryl methyl sites for hydroxylation is 1. The van der Waals surface area contributed by atoms with Crippen LogP contribution in [0, 0.1) is 0 Å². The Bertz CT molecular complexity index is 760. The first-order valence-corrected chi connectivity index (χ1v) is 8.56. The van der Waals surface area contributed by atoms with E-state index in [2.05, 4.69) is 29.4 Å². The fourth-order valence-corrected chi connectivity index (χ4v) is 2.71. The molecule has 0 aromatic heterocycles. The van der Waals surface area contributed by atoms with Gasteiger partial charge in [0.05, 0.1) is 21.3 Å². The molecule has 6 nitrogen and oxygen atoms in total. The number of hydrogen-bond acceptors (Lipinski definition) is 4. The average molecular weight is 357 g/mol. The summed E-state index contributed by atoms with van der Waals surface area (Å²) in [6.07, 6.45) is 1.65. The summed E-state index contributed by atoms with van der Waals surface area (Å²) in [5, 5.41) is 3.12. The average Bonchev–Trinajstić information content (AvgIpc) is 2.67. The molecule has 0 heterocycles. The number of ether oxygens (including phenoxy) is 3. The minimum atomic E-state index is 0.387. The van der Waals surface area contributed by atoms with E-state index in [9.17, 15) is 0 Å².